The van der Waals surface area contributed by atoms with Gasteiger partial charge in [-0.05, 0) is 26.0 Å². The van der Waals surface area contributed by atoms with Crippen LogP contribution in [0.2, 0.25) is 0 Å². The number of rotatable bonds is 5. The summed E-state index contributed by atoms with van der Waals surface area (Å²) >= 11 is 0. The maximum atomic E-state index is 6.32. The normalized spacial score (nSPS) is 11.2. The van der Waals surface area contributed by atoms with Crippen molar-refractivity contribution < 1.29 is 4.74 Å². The predicted molar refractivity (Wildman–Crippen MR) is 80.5 cm³/mol. The summed E-state index contributed by atoms with van der Waals surface area (Å²) < 4.78 is 5.18. The molecule has 102 valence electrons. The number of ether oxygens (including phenoxy) is 1. The van der Waals surface area contributed by atoms with Gasteiger partial charge in [0.1, 0.15) is 0 Å². The maximum absolute atomic E-state index is 6.32. The van der Waals surface area contributed by atoms with E-state index in [1.807, 2.05) is 12.3 Å². The Morgan fingerprint density at radius 2 is 2.11 bits per heavy atom. The molecular weight excluding hydrogens is 238 g/mol. The number of nitrogens with zero attached hydrogens (tertiary/aromatic N) is 2. The van der Waals surface area contributed by atoms with Crippen LogP contribution in [0.15, 0.2) is 30.6 Å². The standard InChI is InChI=1S/C15H21N3O/c1-11(2)18(8-9-19-3)14-5-4-12-10-17-7-6-13(12)15(14)16/h4-7,10-11H,8-9,16H2,1-3H3. The molecule has 1 aromatic carbocycles. The molecule has 0 spiro atoms. The summed E-state index contributed by atoms with van der Waals surface area (Å²) in [6.45, 7) is 5.83. The van der Waals surface area contributed by atoms with Gasteiger partial charge >= 0.3 is 0 Å². The molecule has 1 aromatic heterocycles. The van der Waals surface area contributed by atoms with Crippen molar-refractivity contribution in [3.8, 4) is 0 Å². The molecule has 0 aliphatic rings. The molecule has 0 aliphatic heterocycles. The molecule has 0 bridgehead atoms. The zero-order valence-corrected chi connectivity index (χ0v) is 11.8. The Bertz CT molecular complexity index is 554. The first-order valence-corrected chi connectivity index (χ1v) is 6.53. The highest BCUT2D eigenvalue weighted by Gasteiger charge is 2.14. The quantitative estimate of drug-likeness (QED) is 0.839. The number of anilines is 2. The molecule has 0 fully saturated rings. The summed E-state index contributed by atoms with van der Waals surface area (Å²) in [5.41, 5.74) is 8.19. The number of methoxy groups -OCH3 is 1. The van der Waals surface area contributed by atoms with Gasteiger partial charge in [0.2, 0.25) is 0 Å². The van der Waals surface area contributed by atoms with E-state index in [0.717, 1.165) is 28.7 Å². The Labute approximate surface area is 114 Å². The fraction of sp³-hybridized carbons (Fsp3) is 0.400. The Balaban J connectivity index is 2.44. The average molecular weight is 259 g/mol. The van der Waals surface area contributed by atoms with Crippen LogP contribution in [0.4, 0.5) is 11.4 Å². The molecule has 0 saturated heterocycles. The summed E-state index contributed by atoms with van der Waals surface area (Å²) in [5, 5.41) is 2.12. The van der Waals surface area contributed by atoms with Crippen LogP contribution < -0.4 is 10.6 Å². The van der Waals surface area contributed by atoms with Crippen molar-refractivity contribution in [3.63, 3.8) is 0 Å². The number of hydrogen-bond donors (Lipinski definition) is 1. The largest absolute Gasteiger partial charge is 0.397 e. The summed E-state index contributed by atoms with van der Waals surface area (Å²) in [5.74, 6) is 0. The number of fused-ring (bicyclic) bond motifs is 1. The SMILES string of the molecule is COCCN(c1ccc2cnccc2c1N)C(C)C. The Morgan fingerprint density at radius 1 is 1.32 bits per heavy atom. The molecule has 19 heavy (non-hydrogen) atoms. The third-order valence-corrected chi connectivity index (χ3v) is 3.31. The van der Waals surface area contributed by atoms with Crippen LogP contribution in [0.1, 0.15) is 13.8 Å². The third-order valence-electron chi connectivity index (χ3n) is 3.31. The second kappa shape index (κ2) is 5.89. The van der Waals surface area contributed by atoms with Crippen molar-refractivity contribution in [2.45, 2.75) is 19.9 Å². The molecule has 4 heteroatoms. The molecule has 2 N–H and O–H groups in total. The number of nitrogens with two attached hydrogens (primary N) is 1. The summed E-state index contributed by atoms with van der Waals surface area (Å²) in [7, 11) is 1.72. The van der Waals surface area contributed by atoms with Gasteiger partial charge in [0.05, 0.1) is 18.0 Å². The fourth-order valence-corrected chi connectivity index (χ4v) is 2.28. The Kier molecular flexibility index (Phi) is 4.22. The molecule has 0 atom stereocenters. The highest BCUT2D eigenvalue weighted by molar-refractivity contribution is 5.98. The second-order valence-corrected chi connectivity index (χ2v) is 4.88. The molecule has 0 unspecified atom stereocenters. The molecule has 0 aliphatic carbocycles. The van der Waals surface area contributed by atoms with Crippen molar-refractivity contribution in [3.05, 3.63) is 30.6 Å². The third kappa shape index (κ3) is 2.79. The van der Waals surface area contributed by atoms with Crippen LogP contribution in [-0.2, 0) is 4.74 Å². The summed E-state index contributed by atoms with van der Waals surface area (Å²) in [4.78, 5) is 6.39. The van der Waals surface area contributed by atoms with E-state index in [0.29, 0.717) is 12.6 Å². The Morgan fingerprint density at radius 3 is 2.79 bits per heavy atom. The number of hydrogen-bond acceptors (Lipinski definition) is 4. The van der Waals surface area contributed by atoms with E-state index in [1.165, 1.54) is 0 Å². The van der Waals surface area contributed by atoms with Crippen molar-refractivity contribution in [1.82, 2.24) is 4.98 Å². The van der Waals surface area contributed by atoms with Crippen LogP contribution in [0.3, 0.4) is 0 Å². The van der Waals surface area contributed by atoms with Crippen LogP contribution in [0.25, 0.3) is 10.8 Å². The van der Waals surface area contributed by atoms with Crippen molar-refractivity contribution in [2.75, 3.05) is 30.9 Å². The first-order valence-electron chi connectivity index (χ1n) is 6.53. The van der Waals surface area contributed by atoms with Crippen LogP contribution in [-0.4, -0.2) is 31.3 Å². The molecule has 1 heterocycles. The monoisotopic (exact) mass is 259 g/mol. The zero-order chi connectivity index (χ0) is 13.8. The Hall–Kier alpha value is -1.81. The van der Waals surface area contributed by atoms with Gasteiger partial charge in [-0.15, -0.1) is 0 Å². The van der Waals surface area contributed by atoms with Gasteiger partial charge in [-0.2, -0.15) is 0 Å². The smallest absolute Gasteiger partial charge is 0.0637 e. The molecule has 0 radical (unpaired) electrons. The van der Waals surface area contributed by atoms with Crippen LogP contribution >= 0.6 is 0 Å². The number of pyridine rings is 1. The molecule has 2 aromatic rings. The highest BCUT2D eigenvalue weighted by atomic mass is 16.5. The van der Waals surface area contributed by atoms with Crippen molar-refractivity contribution in [2.24, 2.45) is 0 Å². The lowest BCUT2D eigenvalue weighted by Gasteiger charge is -2.30. The second-order valence-electron chi connectivity index (χ2n) is 4.88. The molecule has 4 nitrogen and oxygen atoms in total. The van der Waals surface area contributed by atoms with Crippen LogP contribution in [0.5, 0.6) is 0 Å². The van der Waals surface area contributed by atoms with Gasteiger partial charge in [0.25, 0.3) is 0 Å². The van der Waals surface area contributed by atoms with Gasteiger partial charge in [-0.25, -0.2) is 0 Å². The molecular formula is C15H21N3O. The lowest BCUT2D eigenvalue weighted by Crippen LogP contribution is -2.34. The van der Waals surface area contributed by atoms with Gasteiger partial charge in [-0.1, -0.05) is 6.07 Å². The first-order chi connectivity index (χ1) is 9.15. The number of nitrogen functional groups attached to an aromatic ring is 1. The minimum atomic E-state index is 0.372. The lowest BCUT2D eigenvalue weighted by molar-refractivity contribution is 0.204. The lowest BCUT2D eigenvalue weighted by atomic mass is 10.1. The van der Waals surface area contributed by atoms with E-state index in [4.69, 9.17) is 10.5 Å². The highest BCUT2D eigenvalue weighted by Crippen LogP contribution is 2.31. The minimum Gasteiger partial charge on any atom is -0.397 e. The number of aromatic nitrogens is 1. The van der Waals surface area contributed by atoms with Crippen LogP contribution in [0, 0.1) is 0 Å². The molecule has 2 rings (SSSR count). The number of benzene rings is 1. The summed E-state index contributed by atoms with van der Waals surface area (Å²) in [6.07, 6.45) is 3.61. The first kappa shape index (κ1) is 13.6. The van der Waals surface area contributed by atoms with Gasteiger partial charge < -0.3 is 15.4 Å². The average Bonchev–Trinajstić information content (AvgIpc) is 2.41. The van der Waals surface area contributed by atoms with E-state index < -0.39 is 0 Å². The van der Waals surface area contributed by atoms with Gasteiger partial charge in [0, 0.05) is 42.9 Å². The van der Waals surface area contributed by atoms with Crippen molar-refractivity contribution in [1.29, 1.82) is 0 Å². The minimum absolute atomic E-state index is 0.372. The molecule has 0 amide bonds. The van der Waals surface area contributed by atoms with Gasteiger partial charge in [-0.3, -0.25) is 4.98 Å². The molecule has 0 saturated carbocycles. The van der Waals surface area contributed by atoms with E-state index in [2.05, 4.69) is 35.9 Å². The summed E-state index contributed by atoms with van der Waals surface area (Å²) in [6, 6.07) is 6.46. The van der Waals surface area contributed by atoms with Gasteiger partial charge in [0.15, 0.2) is 0 Å². The van der Waals surface area contributed by atoms with E-state index in [1.54, 1.807) is 13.3 Å². The van der Waals surface area contributed by atoms with E-state index >= 15 is 0 Å². The zero-order valence-electron chi connectivity index (χ0n) is 11.8. The van der Waals surface area contributed by atoms with E-state index in [-0.39, 0.29) is 0 Å². The van der Waals surface area contributed by atoms with E-state index in [9.17, 15) is 0 Å². The fourth-order valence-electron chi connectivity index (χ4n) is 2.28. The topological polar surface area (TPSA) is 51.4 Å². The predicted octanol–water partition coefficient (Wildman–Crippen LogP) is 2.68. The maximum Gasteiger partial charge on any atom is 0.0637 e. The van der Waals surface area contributed by atoms with Crippen molar-refractivity contribution >= 4 is 22.1 Å².